The molecule has 0 bridgehead atoms. The number of hydrogen-bond donors (Lipinski definition) is 1. The van der Waals surface area contributed by atoms with Gasteiger partial charge in [0.25, 0.3) is 0 Å². The second-order valence-electron chi connectivity index (χ2n) is 5.97. The summed E-state index contributed by atoms with van der Waals surface area (Å²) < 4.78 is 39.7. The van der Waals surface area contributed by atoms with E-state index in [1.807, 2.05) is 6.92 Å². The van der Waals surface area contributed by atoms with Gasteiger partial charge in [0, 0.05) is 6.04 Å². The average Bonchev–Trinajstić information content (AvgIpc) is 2.68. The molecule has 0 aliphatic heterocycles. The van der Waals surface area contributed by atoms with E-state index in [0.29, 0.717) is 0 Å². The highest BCUT2D eigenvalue weighted by molar-refractivity contribution is 7.85. The molecule has 0 aromatic heterocycles. The molecular formula is C15H21F2NOS. The normalized spacial score (nSPS) is 26.6. The molecule has 1 aromatic carbocycles. The molecule has 2 rings (SSSR count). The molecule has 0 heterocycles. The van der Waals surface area contributed by atoms with Crippen molar-refractivity contribution in [3.63, 3.8) is 0 Å². The van der Waals surface area contributed by atoms with Crippen molar-refractivity contribution in [3.05, 3.63) is 29.8 Å². The van der Waals surface area contributed by atoms with Crippen LogP contribution in [0, 0.1) is 17.0 Å². The zero-order valence-corrected chi connectivity index (χ0v) is 12.9. The van der Waals surface area contributed by atoms with Crippen LogP contribution in [0.25, 0.3) is 0 Å². The van der Waals surface area contributed by atoms with Gasteiger partial charge >= 0.3 is 0 Å². The predicted molar refractivity (Wildman–Crippen MR) is 77.0 cm³/mol. The van der Waals surface area contributed by atoms with Crippen molar-refractivity contribution >= 4 is 10.8 Å². The lowest BCUT2D eigenvalue weighted by Crippen LogP contribution is -2.46. The number of nitrogens with one attached hydrogen (secondary N) is 1. The fourth-order valence-corrected chi connectivity index (χ4v) is 4.85. The van der Waals surface area contributed by atoms with Crippen LogP contribution in [-0.2, 0) is 10.8 Å². The van der Waals surface area contributed by atoms with Crippen molar-refractivity contribution in [2.24, 2.45) is 5.41 Å². The topological polar surface area (TPSA) is 29.1 Å². The molecule has 20 heavy (non-hydrogen) atoms. The third-order valence-electron chi connectivity index (χ3n) is 4.10. The summed E-state index contributed by atoms with van der Waals surface area (Å²) in [4.78, 5) is -0.0180. The van der Waals surface area contributed by atoms with Crippen molar-refractivity contribution < 1.29 is 13.0 Å². The maximum absolute atomic E-state index is 13.8. The molecule has 1 aliphatic carbocycles. The summed E-state index contributed by atoms with van der Waals surface area (Å²) in [5.41, 5.74) is 0.0140. The zero-order valence-electron chi connectivity index (χ0n) is 12.1. The number of halogens is 2. The fourth-order valence-electron chi connectivity index (χ4n) is 2.99. The van der Waals surface area contributed by atoms with Gasteiger partial charge in [-0.2, -0.15) is 0 Å². The van der Waals surface area contributed by atoms with Gasteiger partial charge in [0.1, 0.15) is 11.6 Å². The van der Waals surface area contributed by atoms with E-state index in [1.54, 1.807) is 0 Å². The zero-order chi connectivity index (χ0) is 14.9. The molecule has 1 aromatic rings. The van der Waals surface area contributed by atoms with E-state index in [-0.39, 0.29) is 21.6 Å². The smallest absolute Gasteiger partial charge is 0.139 e. The van der Waals surface area contributed by atoms with Crippen molar-refractivity contribution in [1.82, 2.24) is 5.32 Å². The molecule has 112 valence electrons. The maximum atomic E-state index is 13.8. The van der Waals surface area contributed by atoms with Crippen molar-refractivity contribution in [1.29, 1.82) is 0 Å². The highest BCUT2D eigenvalue weighted by Gasteiger charge is 2.44. The fraction of sp³-hybridized carbons (Fsp3) is 0.600. The van der Waals surface area contributed by atoms with Gasteiger partial charge in [-0.05, 0) is 43.0 Å². The monoisotopic (exact) mass is 301 g/mol. The van der Waals surface area contributed by atoms with Gasteiger partial charge in [0.05, 0.1) is 20.9 Å². The molecule has 0 saturated heterocycles. The first kappa shape index (κ1) is 15.6. The first-order valence-corrected chi connectivity index (χ1v) is 8.17. The van der Waals surface area contributed by atoms with Crippen LogP contribution in [-0.4, -0.2) is 22.0 Å². The Morgan fingerprint density at radius 1 is 1.40 bits per heavy atom. The molecule has 0 radical (unpaired) electrons. The second kappa shape index (κ2) is 5.90. The summed E-state index contributed by atoms with van der Waals surface area (Å²) in [7, 11) is -1.54. The number of rotatable bonds is 4. The van der Waals surface area contributed by atoms with Gasteiger partial charge < -0.3 is 5.32 Å². The minimum Gasteiger partial charge on any atom is -0.313 e. The highest BCUT2D eigenvalue weighted by Crippen LogP contribution is 2.41. The van der Waals surface area contributed by atoms with E-state index < -0.39 is 22.4 Å². The molecule has 5 heteroatoms. The summed E-state index contributed by atoms with van der Waals surface area (Å²) in [5.74, 6) is -1.14. The molecule has 3 atom stereocenters. The quantitative estimate of drug-likeness (QED) is 0.925. The van der Waals surface area contributed by atoms with Crippen LogP contribution >= 0.6 is 0 Å². The van der Waals surface area contributed by atoms with Crippen molar-refractivity contribution in [3.8, 4) is 0 Å². The minimum absolute atomic E-state index is 0.0140. The Balaban J connectivity index is 2.30. The maximum Gasteiger partial charge on any atom is 0.139 e. The Morgan fingerprint density at radius 3 is 2.75 bits per heavy atom. The minimum atomic E-state index is -1.54. The Kier molecular flexibility index (Phi) is 4.59. The summed E-state index contributed by atoms with van der Waals surface area (Å²) in [6, 6.07) is 3.21. The third kappa shape index (κ3) is 2.93. The summed E-state index contributed by atoms with van der Waals surface area (Å²) in [6.07, 6.45) is 1.69. The van der Waals surface area contributed by atoms with Gasteiger partial charge in [-0.25, -0.2) is 8.78 Å². The van der Waals surface area contributed by atoms with Crippen LogP contribution in [0.5, 0.6) is 0 Å². The summed E-state index contributed by atoms with van der Waals surface area (Å²) in [5, 5.41) is 3.18. The molecule has 1 N–H and O–H groups in total. The molecule has 3 unspecified atom stereocenters. The molecule has 1 fully saturated rings. The average molecular weight is 301 g/mol. The summed E-state index contributed by atoms with van der Waals surface area (Å²) in [6.45, 7) is 7.02. The highest BCUT2D eigenvalue weighted by atomic mass is 32.2. The largest absolute Gasteiger partial charge is 0.313 e. The van der Waals surface area contributed by atoms with Gasteiger partial charge in [-0.3, -0.25) is 4.21 Å². The molecule has 1 aliphatic rings. The van der Waals surface area contributed by atoms with Crippen LogP contribution in [0.4, 0.5) is 8.78 Å². The standard InChI is InChI=1S/C15H21F2NOS/c1-4-18-14-12(7-8-15(14,2)3)20(19)13-9-10(16)5-6-11(13)17/h5-6,9,12,14,18H,4,7-8H2,1-3H3. The molecule has 1 saturated carbocycles. The van der Waals surface area contributed by atoms with Gasteiger partial charge in [-0.15, -0.1) is 0 Å². The van der Waals surface area contributed by atoms with E-state index in [0.717, 1.165) is 37.6 Å². The van der Waals surface area contributed by atoms with Crippen LogP contribution < -0.4 is 5.32 Å². The Hall–Kier alpha value is -0.810. The van der Waals surface area contributed by atoms with E-state index in [1.165, 1.54) is 0 Å². The van der Waals surface area contributed by atoms with Crippen LogP contribution in [0.3, 0.4) is 0 Å². The van der Waals surface area contributed by atoms with Crippen LogP contribution in [0.15, 0.2) is 23.1 Å². The molecule has 0 spiro atoms. The first-order valence-electron chi connectivity index (χ1n) is 6.96. The van der Waals surface area contributed by atoms with E-state index in [2.05, 4.69) is 19.2 Å². The van der Waals surface area contributed by atoms with E-state index >= 15 is 0 Å². The first-order chi connectivity index (χ1) is 9.36. The molecule has 2 nitrogen and oxygen atoms in total. The van der Waals surface area contributed by atoms with Gasteiger partial charge in [-0.1, -0.05) is 20.8 Å². The lowest BCUT2D eigenvalue weighted by atomic mass is 9.87. The number of benzene rings is 1. The van der Waals surface area contributed by atoms with Crippen molar-refractivity contribution in [2.75, 3.05) is 6.54 Å². The van der Waals surface area contributed by atoms with E-state index in [9.17, 15) is 13.0 Å². The Morgan fingerprint density at radius 2 is 2.10 bits per heavy atom. The second-order valence-corrected chi connectivity index (χ2v) is 7.61. The van der Waals surface area contributed by atoms with Crippen LogP contribution in [0.1, 0.15) is 33.6 Å². The van der Waals surface area contributed by atoms with Gasteiger partial charge in [0.2, 0.25) is 0 Å². The lowest BCUT2D eigenvalue weighted by Gasteiger charge is -2.31. The Labute approximate surface area is 121 Å². The third-order valence-corrected chi connectivity index (χ3v) is 5.90. The SMILES string of the molecule is CCNC1C(S(=O)c2cc(F)ccc2F)CCC1(C)C. The number of hydrogen-bond acceptors (Lipinski definition) is 2. The molecular weight excluding hydrogens is 280 g/mol. The van der Waals surface area contributed by atoms with Gasteiger partial charge in [0.15, 0.2) is 0 Å². The summed E-state index contributed by atoms with van der Waals surface area (Å²) >= 11 is 0. The lowest BCUT2D eigenvalue weighted by molar-refractivity contribution is 0.289. The van der Waals surface area contributed by atoms with E-state index in [4.69, 9.17) is 0 Å². The predicted octanol–water partition coefficient (Wildman–Crippen LogP) is 3.24. The Bertz CT molecular complexity index is 519. The van der Waals surface area contributed by atoms with Crippen LogP contribution in [0.2, 0.25) is 0 Å². The van der Waals surface area contributed by atoms with Crippen molar-refractivity contribution in [2.45, 2.75) is 49.8 Å². The molecule has 0 amide bonds.